The molecule has 7 heteroatoms. The Bertz CT molecular complexity index is 898. The maximum absolute atomic E-state index is 12.8. The van der Waals surface area contributed by atoms with Crippen molar-refractivity contribution in [1.82, 2.24) is 4.90 Å². The molecule has 1 heterocycles. The Morgan fingerprint density at radius 3 is 2.65 bits per heavy atom. The summed E-state index contributed by atoms with van der Waals surface area (Å²) in [5.74, 6) is 1.17. The highest BCUT2D eigenvalue weighted by molar-refractivity contribution is 8.26. The average molecular weight is 406 g/mol. The highest BCUT2D eigenvalue weighted by atomic mass is 35.5. The van der Waals surface area contributed by atoms with Crippen molar-refractivity contribution in [3.63, 3.8) is 0 Å². The van der Waals surface area contributed by atoms with Gasteiger partial charge in [0, 0.05) is 16.7 Å². The van der Waals surface area contributed by atoms with Crippen molar-refractivity contribution >= 4 is 51.9 Å². The quantitative estimate of drug-likeness (QED) is 0.529. The molecular formula is C19H16ClNO3S2. The first-order chi connectivity index (χ1) is 12.5. The van der Waals surface area contributed by atoms with Crippen molar-refractivity contribution in [2.75, 3.05) is 14.2 Å². The van der Waals surface area contributed by atoms with Crippen LogP contribution >= 0.6 is 35.6 Å². The van der Waals surface area contributed by atoms with Gasteiger partial charge in [-0.25, -0.2) is 0 Å². The van der Waals surface area contributed by atoms with Crippen LogP contribution in [0.15, 0.2) is 47.4 Å². The van der Waals surface area contributed by atoms with Gasteiger partial charge in [-0.15, -0.1) is 0 Å². The Hall–Kier alpha value is -2.02. The molecule has 0 saturated carbocycles. The minimum Gasteiger partial charge on any atom is -0.497 e. The lowest BCUT2D eigenvalue weighted by Gasteiger charge is -2.15. The summed E-state index contributed by atoms with van der Waals surface area (Å²) in [6.45, 7) is 0.349. The topological polar surface area (TPSA) is 38.8 Å². The second kappa shape index (κ2) is 8.12. The second-order valence-electron chi connectivity index (χ2n) is 5.47. The number of ether oxygens (including phenoxy) is 2. The fourth-order valence-electron chi connectivity index (χ4n) is 2.51. The first-order valence-corrected chi connectivity index (χ1v) is 9.34. The summed E-state index contributed by atoms with van der Waals surface area (Å²) in [5.41, 5.74) is 1.64. The number of thiocarbonyl (C=S) groups is 1. The standard InChI is InChI=1S/C19H16ClNO3S2/c1-23-14-8-7-12(16(10-14)24-2)9-17-18(22)21(19(25)26-17)11-13-5-3-4-6-15(13)20/h3-10H,11H2,1-2H3/b17-9-. The summed E-state index contributed by atoms with van der Waals surface area (Å²) in [7, 11) is 3.17. The fraction of sp³-hybridized carbons (Fsp3) is 0.158. The van der Waals surface area contributed by atoms with Gasteiger partial charge in [0.2, 0.25) is 0 Å². The van der Waals surface area contributed by atoms with Crippen molar-refractivity contribution in [2.24, 2.45) is 0 Å². The van der Waals surface area contributed by atoms with Crippen molar-refractivity contribution < 1.29 is 14.3 Å². The Morgan fingerprint density at radius 2 is 1.96 bits per heavy atom. The van der Waals surface area contributed by atoms with E-state index in [1.165, 1.54) is 11.8 Å². The monoisotopic (exact) mass is 405 g/mol. The molecule has 2 aromatic rings. The van der Waals surface area contributed by atoms with Crippen molar-refractivity contribution in [2.45, 2.75) is 6.54 Å². The maximum Gasteiger partial charge on any atom is 0.266 e. The Balaban J connectivity index is 1.87. The normalized spacial score (nSPS) is 15.7. The van der Waals surface area contributed by atoms with Gasteiger partial charge in [-0.1, -0.05) is 53.8 Å². The zero-order chi connectivity index (χ0) is 18.7. The van der Waals surface area contributed by atoms with Gasteiger partial charge in [0.15, 0.2) is 0 Å². The Morgan fingerprint density at radius 1 is 1.19 bits per heavy atom. The largest absolute Gasteiger partial charge is 0.497 e. The number of nitrogens with zero attached hydrogens (tertiary/aromatic N) is 1. The summed E-state index contributed by atoms with van der Waals surface area (Å²) in [6, 6.07) is 12.9. The summed E-state index contributed by atoms with van der Waals surface area (Å²) in [6.07, 6.45) is 1.78. The molecule has 134 valence electrons. The Labute approximate surface area is 166 Å². The number of rotatable bonds is 5. The molecule has 0 unspecified atom stereocenters. The lowest BCUT2D eigenvalue weighted by atomic mass is 10.1. The van der Waals surface area contributed by atoms with Gasteiger partial charge in [0.05, 0.1) is 25.7 Å². The van der Waals surface area contributed by atoms with E-state index in [0.29, 0.717) is 32.3 Å². The molecule has 26 heavy (non-hydrogen) atoms. The van der Waals surface area contributed by atoms with E-state index in [0.717, 1.165) is 11.1 Å². The minimum absolute atomic E-state index is 0.141. The van der Waals surface area contributed by atoms with Crippen LogP contribution in [-0.4, -0.2) is 29.3 Å². The number of hydrogen-bond donors (Lipinski definition) is 0. The molecule has 0 N–H and O–H groups in total. The van der Waals surface area contributed by atoms with Crippen molar-refractivity contribution in [3.05, 3.63) is 63.5 Å². The molecule has 0 radical (unpaired) electrons. The first-order valence-electron chi connectivity index (χ1n) is 7.74. The maximum atomic E-state index is 12.8. The number of carbonyl (C=O) groups excluding carboxylic acids is 1. The van der Waals surface area contributed by atoms with E-state index in [1.54, 1.807) is 37.3 Å². The van der Waals surface area contributed by atoms with Crippen LogP contribution in [0.3, 0.4) is 0 Å². The lowest BCUT2D eigenvalue weighted by molar-refractivity contribution is -0.122. The second-order valence-corrected chi connectivity index (χ2v) is 7.55. The van der Waals surface area contributed by atoms with Crippen LogP contribution < -0.4 is 9.47 Å². The molecule has 1 aliphatic heterocycles. The number of hydrogen-bond acceptors (Lipinski definition) is 5. The van der Waals surface area contributed by atoms with Crippen LogP contribution in [0.2, 0.25) is 5.02 Å². The van der Waals surface area contributed by atoms with Crippen LogP contribution in [0.25, 0.3) is 6.08 Å². The van der Waals surface area contributed by atoms with Gasteiger partial charge in [-0.2, -0.15) is 0 Å². The molecule has 1 saturated heterocycles. The van der Waals surface area contributed by atoms with E-state index in [9.17, 15) is 4.79 Å². The predicted molar refractivity (Wildman–Crippen MR) is 110 cm³/mol. The average Bonchev–Trinajstić information content (AvgIpc) is 2.91. The number of carbonyl (C=O) groups is 1. The number of benzene rings is 2. The Kier molecular flexibility index (Phi) is 5.86. The molecular weight excluding hydrogens is 390 g/mol. The van der Waals surface area contributed by atoms with Crippen molar-refractivity contribution in [1.29, 1.82) is 0 Å². The van der Waals surface area contributed by atoms with Crippen LogP contribution in [0, 0.1) is 0 Å². The van der Waals surface area contributed by atoms with Crippen LogP contribution in [0.1, 0.15) is 11.1 Å². The highest BCUT2D eigenvalue weighted by Crippen LogP contribution is 2.36. The van der Waals surface area contributed by atoms with E-state index < -0.39 is 0 Å². The van der Waals surface area contributed by atoms with Gasteiger partial charge >= 0.3 is 0 Å². The molecule has 1 fully saturated rings. The number of methoxy groups -OCH3 is 2. The lowest BCUT2D eigenvalue weighted by Crippen LogP contribution is -2.27. The molecule has 0 spiro atoms. The molecule has 0 aliphatic carbocycles. The fourth-order valence-corrected chi connectivity index (χ4v) is 3.95. The van der Waals surface area contributed by atoms with Crippen LogP contribution in [0.4, 0.5) is 0 Å². The van der Waals surface area contributed by atoms with E-state index in [4.69, 9.17) is 33.3 Å². The zero-order valence-corrected chi connectivity index (χ0v) is 16.6. The molecule has 0 bridgehead atoms. The molecule has 2 aromatic carbocycles. The van der Waals surface area contributed by atoms with Gasteiger partial charge < -0.3 is 9.47 Å². The SMILES string of the molecule is COc1ccc(/C=C2\SC(=S)N(Cc3ccccc3Cl)C2=O)c(OC)c1. The molecule has 3 rings (SSSR count). The van der Waals surface area contributed by atoms with Gasteiger partial charge in [-0.05, 0) is 29.8 Å². The van der Waals surface area contributed by atoms with Crippen LogP contribution in [0.5, 0.6) is 11.5 Å². The van der Waals surface area contributed by atoms with E-state index in [-0.39, 0.29) is 5.91 Å². The molecule has 1 aliphatic rings. The van der Waals surface area contributed by atoms with E-state index >= 15 is 0 Å². The third-order valence-electron chi connectivity index (χ3n) is 3.89. The first kappa shape index (κ1) is 18.8. The number of halogens is 1. The van der Waals surface area contributed by atoms with E-state index in [2.05, 4.69) is 0 Å². The van der Waals surface area contributed by atoms with Crippen LogP contribution in [-0.2, 0) is 11.3 Å². The summed E-state index contributed by atoms with van der Waals surface area (Å²) >= 11 is 12.9. The summed E-state index contributed by atoms with van der Waals surface area (Å²) < 4.78 is 11.1. The third-order valence-corrected chi connectivity index (χ3v) is 5.63. The van der Waals surface area contributed by atoms with Gasteiger partial charge in [0.1, 0.15) is 15.8 Å². The van der Waals surface area contributed by atoms with Gasteiger partial charge in [-0.3, -0.25) is 9.69 Å². The van der Waals surface area contributed by atoms with Gasteiger partial charge in [0.25, 0.3) is 5.91 Å². The smallest absolute Gasteiger partial charge is 0.266 e. The number of thioether (sulfide) groups is 1. The molecule has 1 amide bonds. The van der Waals surface area contributed by atoms with Crippen molar-refractivity contribution in [3.8, 4) is 11.5 Å². The molecule has 0 aromatic heterocycles. The summed E-state index contributed by atoms with van der Waals surface area (Å²) in [4.78, 5) is 14.9. The molecule has 4 nitrogen and oxygen atoms in total. The zero-order valence-electron chi connectivity index (χ0n) is 14.2. The predicted octanol–water partition coefficient (Wildman–Crippen LogP) is 4.76. The number of amides is 1. The molecule has 0 atom stereocenters. The van der Waals surface area contributed by atoms with E-state index in [1.807, 2.05) is 30.3 Å². The summed E-state index contributed by atoms with van der Waals surface area (Å²) in [5, 5.41) is 0.613. The minimum atomic E-state index is -0.141. The third kappa shape index (κ3) is 3.87. The highest BCUT2D eigenvalue weighted by Gasteiger charge is 2.32.